The SMILES string of the molecule is CC1CC(Cc2ccc(NC(=O)c3cccc(Cl)c3)cc2)COC1C. The van der Waals surface area contributed by atoms with Gasteiger partial charge in [0.25, 0.3) is 5.91 Å². The van der Waals surface area contributed by atoms with E-state index in [1.54, 1.807) is 24.3 Å². The Morgan fingerprint density at radius 1 is 1.20 bits per heavy atom. The van der Waals surface area contributed by atoms with Crippen molar-refractivity contribution in [2.75, 3.05) is 11.9 Å². The third-order valence-electron chi connectivity index (χ3n) is 4.92. The van der Waals surface area contributed by atoms with Crippen LogP contribution in [-0.2, 0) is 11.2 Å². The van der Waals surface area contributed by atoms with Crippen molar-refractivity contribution in [3.63, 3.8) is 0 Å². The minimum atomic E-state index is -0.154. The lowest BCUT2D eigenvalue weighted by Crippen LogP contribution is -2.31. The number of rotatable bonds is 4. The molecular formula is C21H24ClNO2. The molecule has 0 bridgehead atoms. The third-order valence-corrected chi connectivity index (χ3v) is 5.16. The number of nitrogens with one attached hydrogen (secondary N) is 1. The molecule has 3 rings (SSSR count). The van der Waals surface area contributed by atoms with E-state index in [9.17, 15) is 4.79 Å². The minimum Gasteiger partial charge on any atom is -0.378 e. The predicted octanol–water partition coefficient (Wildman–Crippen LogP) is 5.20. The van der Waals surface area contributed by atoms with Crippen LogP contribution in [0.5, 0.6) is 0 Å². The van der Waals surface area contributed by atoms with Gasteiger partial charge in [-0.1, -0.05) is 36.7 Å². The topological polar surface area (TPSA) is 38.3 Å². The molecule has 0 spiro atoms. The summed E-state index contributed by atoms with van der Waals surface area (Å²) in [5.74, 6) is 1.02. The van der Waals surface area contributed by atoms with Crippen LogP contribution in [0.4, 0.5) is 5.69 Å². The molecular weight excluding hydrogens is 334 g/mol. The van der Waals surface area contributed by atoms with Crippen LogP contribution in [0.3, 0.4) is 0 Å². The lowest BCUT2D eigenvalue weighted by atomic mass is 9.86. The number of carbonyl (C=O) groups is 1. The van der Waals surface area contributed by atoms with Gasteiger partial charge in [-0.15, -0.1) is 0 Å². The predicted molar refractivity (Wildman–Crippen MR) is 102 cm³/mol. The summed E-state index contributed by atoms with van der Waals surface area (Å²) >= 11 is 5.93. The van der Waals surface area contributed by atoms with E-state index in [1.807, 2.05) is 12.1 Å². The number of ether oxygens (including phenoxy) is 1. The molecule has 1 aliphatic rings. The number of halogens is 1. The van der Waals surface area contributed by atoms with Crippen LogP contribution in [0.2, 0.25) is 5.02 Å². The fraction of sp³-hybridized carbons (Fsp3) is 0.381. The molecule has 0 aromatic heterocycles. The van der Waals surface area contributed by atoms with E-state index in [0.717, 1.165) is 18.7 Å². The molecule has 1 amide bonds. The molecule has 0 radical (unpaired) electrons. The molecule has 1 heterocycles. The largest absolute Gasteiger partial charge is 0.378 e. The Hall–Kier alpha value is -1.84. The van der Waals surface area contributed by atoms with Crippen LogP contribution >= 0.6 is 11.6 Å². The van der Waals surface area contributed by atoms with E-state index in [1.165, 1.54) is 12.0 Å². The second-order valence-electron chi connectivity index (χ2n) is 6.98. The fourth-order valence-corrected chi connectivity index (χ4v) is 3.46. The normalized spacial score (nSPS) is 23.2. The Balaban J connectivity index is 1.58. The number of amides is 1. The summed E-state index contributed by atoms with van der Waals surface area (Å²) in [5, 5.41) is 3.46. The van der Waals surface area contributed by atoms with Gasteiger partial charge < -0.3 is 10.1 Å². The average Bonchev–Trinajstić information content (AvgIpc) is 2.60. The summed E-state index contributed by atoms with van der Waals surface area (Å²) < 4.78 is 5.84. The third kappa shape index (κ3) is 4.83. The molecule has 3 nitrogen and oxygen atoms in total. The Bertz CT molecular complexity index is 729. The summed E-state index contributed by atoms with van der Waals surface area (Å²) in [6.07, 6.45) is 2.58. The molecule has 132 valence electrons. The molecule has 3 unspecified atom stereocenters. The summed E-state index contributed by atoms with van der Waals surface area (Å²) in [7, 11) is 0. The molecule has 3 atom stereocenters. The highest BCUT2D eigenvalue weighted by molar-refractivity contribution is 6.31. The van der Waals surface area contributed by atoms with Gasteiger partial charge in [0.05, 0.1) is 12.7 Å². The van der Waals surface area contributed by atoms with Crippen LogP contribution < -0.4 is 5.32 Å². The lowest BCUT2D eigenvalue weighted by Gasteiger charge is -2.32. The maximum absolute atomic E-state index is 12.2. The lowest BCUT2D eigenvalue weighted by molar-refractivity contribution is -0.0397. The molecule has 1 fully saturated rings. The van der Waals surface area contributed by atoms with Crippen molar-refractivity contribution in [2.45, 2.75) is 32.8 Å². The molecule has 2 aromatic rings. The summed E-state index contributed by atoms with van der Waals surface area (Å²) in [5.41, 5.74) is 2.62. The zero-order valence-electron chi connectivity index (χ0n) is 14.7. The van der Waals surface area contributed by atoms with Crippen LogP contribution in [0.1, 0.15) is 36.2 Å². The molecule has 0 aliphatic carbocycles. The standard InChI is InChI=1S/C21H24ClNO2/c1-14-10-17(13-25-15(14)2)11-16-6-8-20(9-7-16)23-21(24)18-4-3-5-19(22)12-18/h3-9,12,14-15,17H,10-11,13H2,1-2H3,(H,23,24). The van der Waals surface area contributed by atoms with Crippen LogP contribution in [0, 0.1) is 11.8 Å². The van der Waals surface area contributed by atoms with E-state index in [4.69, 9.17) is 16.3 Å². The monoisotopic (exact) mass is 357 g/mol. The first-order chi connectivity index (χ1) is 12.0. The van der Waals surface area contributed by atoms with Gasteiger partial charge >= 0.3 is 0 Å². The quantitative estimate of drug-likeness (QED) is 0.817. The van der Waals surface area contributed by atoms with Gasteiger partial charge in [-0.3, -0.25) is 4.79 Å². The smallest absolute Gasteiger partial charge is 0.255 e. The second kappa shape index (κ2) is 8.03. The van der Waals surface area contributed by atoms with Crippen LogP contribution in [0.15, 0.2) is 48.5 Å². The highest BCUT2D eigenvalue weighted by Crippen LogP contribution is 2.27. The van der Waals surface area contributed by atoms with E-state index < -0.39 is 0 Å². The second-order valence-corrected chi connectivity index (χ2v) is 7.42. The Labute approximate surface area is 154 Å². The number of anilines is 1. The highest BCUT2D eigenvalue weighted by atomic mass is 35.5. The number of benzene rings is 2. The van der Waals surface area contributed by atoms with Crippen molar-refractivity contribution in [3.05, 3.63) is 64.7 Å². The minimum absolute atomic E-state index is 0.154. The summed E-state index contributed by atoms with van der Waals surface area (Å²) in [6, 6.07) is 15.0. The van der Waals surface area contributed by atoms with E-state index in [2.05, 4.69) is 31.3 Å². The highest BCUT2D eigenvalue weighted by Gasteiger charge is 2.25. The van der Waals surface area contributed by atoms with Gasteiger partial charge in [-0.05, 0) is 67.5 Å². The van der Waals surface area contributed by atoms with E-state index in [0.29, 0.717) is 28.5 Å². The van der Waals surface area contributed by atoms with Crippen molar-refractivity contribution in [1.82, 2.24) is 0 Å². The Kier molecular flexibility index (Phi) is 5.77. The number of carbonyl (C=O) groups excluding carboxylic acids is 1. The number of hydrogen-bond acceptors (Lipinski definition) is 2. The molecule has 1 N–H and O–H groups in total. The van der Waals surface area contributed by atoms with Crippen molar-refractivity contribution in [1.29, 1.82) is 0 Å². The number of hydrogen-bond donors (Lipinski definition) is 1. The Morgan fingerprint density at radius 2 is 1.96 bits per heavy atom. The molecule has 4 heteroatoms. The molecule has 1 saturated heterocycles. The zero-order chi connectivity index (χ0) is 17.8. The van der Waals surface area contributed by atoms with Gasteiger partial charge in [0.15, 0.2) is 0 Å². The Morgan fingerprint density at radius 3 is 2.64 bits per heavy atom. The van der Waals surface area contributed by atoms with Gasteiger partial charge in [0.1, 0.15) is 0 Å². The average molecular weight is 358 g/mol. The first kappa shape index (κ1) is 18.0. The van der Waals surface area contributed by atoms with Gasteiger partial charge in [0.2, 0.25) is 0 Å². The maximum Gasteiger partial charge on any atom is 0.255 e. The molecule has 25 heavy (non-hydrogen) atoms. The van der Waals surface area contributed by atoms with Gasteiger partial charge in [0, 0.05) is 16.3 Å². The summed E-state index contributed by atoms with van der Waals surface area (Å²) in [4.78, 5) is 12.2. The van der Waals surface area contributed by atoms with E-state index in [-0.39, 0.29) is 5.91 Å². The van der Waals surface area contributed by atoms with Crippen molar-refractivity contribution in [2.24, 2.45) is 11.8 Å². The molecule has 2 aromatic carbocycles. The van der Waals surface area contributed by atoms with Gasteiger partial charge in [-0.25, -0.2) is 0 Å². The van der Waals surface area contributed by atoms with Crippen molar-refractivity contribution >= 4 is 23.2 Å². The van der Waals surface area contributed by atoms with Crippen LogP contribution in [0.25, 0.3) is 0 Å². The maximum atomic E-state index is 12.2. The molecule has 1 aliphatic heterocycles. The van der Waals surface area contributed by atoms with Crippen molar-refractivity contribution in [3.8, 4) is 0 Å². The van der Waals surface area contributed by atoms with Gasteiger partial charge in [-0.2, -0.15) is 0 Å². The zero-order valence-corrected chi connectivity index (χ0v) is 15.4. The first-order valence-corrected chi connectivity index (χ1v) is 9.16. The fourth-order valence-electron chi connectivity index (χ4n) is 3.27. The first-order valence-electron chi connectivity index (χ1n) is 8.78. The van der Waals surface area contributed by atoms with E-state index >= 15 is 0 Å². The summed E-state index contributed by atoms with van der Waals surface area (Å²) in [6.45, 7) is 5.24. The van der Waals surface area contributed by atoms with Crippen molar-refractivity contribution < 1.29 is 9.53 Å². The van der Waals surface area contributed by atoms with Crippen LogP contribution in [-0.4, -0.2) is 18.6 Å². The molecule has 0 saturated carbocycles.